The van der Waals surface area contributed by atoms with Gasteiger partial charge in [0.25, 0.3) is 0 Å². The molecular weight excluding hydrogens is 812 g/mol. The average Bonchev–Trinajstić information content (AvgIpc) is 3.11. The van der Waals surface area contributed by atoms with Crippen LogP contribution >= 0.6 is 11.8 Å². The van der Waals surface area contributed by atoms with Gasteiger partial charge in [-0.25, -0.2) is 9.59 Å². The van der Waals surface area contributed by atoms with E-state index < -0.39 is 64.4 Å². The maximum absolute atomic E-state index is 13.9. The highest BCUT2D eigenvalue weighted by Gasteiger charge is 2.39. The lowest BCUT2D eigenvalue weighted by molar-refractivity contribution is -0.870. The summed E-state index contributed by atoms with van der Waals surface area (Å²) in [6, 6.07) is 27.4. The summed E-state index contributed by atoms with van der Waals surface area (Å²) in [5.41, 5.74) is 1.19. The number of hydrogen-bond donors (Lipinski definition) is 3. The molecule has 0 aliphatic carbocycles. The SMILES string of the molecule is CC(C)(C)OC(=O)N[C@@H](CCC(=O)N[C@@H](CSC(c1ccccc1)(c1ccccc1)c1ccccc1)C(=O)NCC(=O)OCC[N+](C)(C)C)C(=O)OC(C)(C)C.[Br-]. The Balaban J connectivity index is 0.0000112. The van der Waals surface area contributed by atoms with E-state index in [0.717, 1.165) is 16.7 Å². The van der Waals surface area contributed by atoms with Gasteiger partial charge in [-0.05, 0) is 64.7 Å². The maximum atomic E-state index is 13.9. The molecule has 14 heteroatoms. The molecule has 3 N–H and O–H groups in total. The van der Waals surface area contributed by atoms with Crippen molar-refractivity contribution in [1.82, 2.24) is 16.0 Å². The lowest BCUT2D eigenvalue weighted by Gasteiger charge is -2.36. The third-order valence-corrected chi connectivity index (χ3v) is 9.77. The van der Waals surface area contributed by atoms with Crippen molar-refractivity contribution in [1.29, 1.82) is 0 Å². The van der Waals surface area contributed by atoms with Crippen LogP contribution in [-0.4, -0.2) is 104 Å². The number of thioether (sulfide) groups is 1. The third-order valence-electron chi connectivity index (χ3n) is 8.13. The first kappa shape index (κ1) is 48.7. The second-order valence-corrected chi connectivity index (χ2v) is 17.7. The molecule has 0 radical (unpaired) electrons. The van der Waals surface area contributed by atoms with Crippen LogP contribution in [0.15, 0.2) is 91.0 Å². The molecule has 312 valence electrons. The fourth-order valence-corrected chi connectivity index (χ4v) is 7.10. The number of alkyl carbamates (subject to hydrolysis) is 1. The van der Waals surface area contributed by atoms with Crippen LogP contribution in [0, 0.1) is 0 Å². The van der Waals surface area contributed by atoms with Gasteiger partial charge in [-0.2, -0.15) is 0 Å². The van der Waals surface area contributed by atoms with Gasteiger partial charge in [0, 0.05) is 12.2 Å². The number of quaternary nitrogens is 1. The summed E-state index contributed by atoms with van der Waals surface area (Å²) in [5.74, 6) is -2.40. The van der Waals surface area contributed by atoms with Crippen molar-refractivity contribution in [2.75, 3.05) is 46.6 Å². The Bertz CT molecular complexity index is 1650. The van der Waals surface area contributed by atoms with Gasteiger partial charge in [-0.15, -0.1) is 11.8 Å². The van der Waals surface area contributed by atoms with Crippen LogP contribution in [0.25, 0.3) is 0 Å². The number of esters is 2. The second kappa shape index (κ2) is 21.9. The highest BCUT2D eigenvalue weighted by atomic mass is 79.9. The van der Waals surface area contributed by atoms with Crippen molar-refractivity contribution in [2.24, 2.45) is 0 Å². The summed E-state index contributed by atoms with van der Waals surface area (Å²) >= 11 is 1.47. The van der Waals surface area contributed by atoms with Gasteiger partial charge in [0.05, 0.1) is 25.9 Å². The largest absolute Gasteiger partial charge is 1.00 e. The van der Waals surface area contributed by atoms with E-state index in [1.54, 1.807) is 41.5 Å². The van der Waals surface area contributed by atoms with Crippen LogP contribution in [0.5, 0.6) is 0 Å². The molecule has 3 aromatic carbocycles. The van der Waals surface area contributed by atoms with Crippen molar-refractivity contribution in [2.45, 2.75) is 82.4 Å². The van der Waals surface area contributed by atoms with Crippen LogP contribution < -0.4 is 32.9 Å². The predicted molar refractivity (Wildman–Crippen MR) is 219 cm³/mol. The van der Waals surface area contributed by atoms with Gasteiger partial charge in [-0.1, -0.05) is 91.0 Å². The van der Waals surface area contributed by atoms with E-state index >= 15 is 0 Å². The number of ether oxygens (including phenoxy) is 3. The van der Waals surface area contributed by atoms with Gasteiger partial charge < -0.3 is 51.6 Å². The zero-order chi connectivity index (χ0) is 41.6. The van der Waals surface area contributed by atoms with E-state index in [2.05, 4.69) is 16.0 Å². The Labute approximate surface area is 352 Å². The quantitative estimate of drug-likeness (QED) is 0.0760. The number of halogens is 1. The molecule has 0 unspecified atom stereocenters. The van der Waals surface area contributed by atoms with Crippen LogP contribution in [0.3, 0.4) is 0 Å². The molecule has 0 aliphatic heterocycles. The number of hydrogen-bond acceptors (Lipinski definition) is 9. The fraction of sp³-hybridized carbons (Fsp3) is 0.465. The minimum atomic E-state index is -1.21. The Morgan fingerprint density at radius 3 is 1.60 bits per heavy atom. The summed E-state index contributed by atoms with van der Waals surface area (Å²) in [7, 11) is 5.93. The molecule has 12 nitrogen and oxygen atoms in total. The zero-order valence-electron chi connectivity index (χ0n) is 34.6. The van der Waals surface area contributed by atoms with E-state index in [1.807, 2.05) is 112 Å². The number of carbonyl (C=O) groups excluding carboxylic acids is 5. The minimum absolute atomic E-state index is 0. The van der Waals surface area contributed by atoms with Crippen molar-refractivity contribution in [3.8, 4) is 0 Å². The topological polar surface area (TPSA) is 149 Å². The number of benzene rings is 3. The number of nitrogens with zero attached hydrogens (tertiary/aromatic N) is 1. The first-order chi connectivity index (χ1) is 26.2. The van der Waals surface area contributed by atoms with E-state index in [9.17, 15) is 24.0 Å². The highest BCUT2D eigenvalue weighted by Crippen LogP contribution is 2.48. The fourth-order valence-electron chi connectivity index (χ4n) is 5.54. The van der Waals surface area contributed by atoms with Crippen LogP contribution in [-0.2, 0) is 38.1 Å². The van der Waals surface area contributed by atoms with E-state index in [4.69, 9.17) is 14.2 Å². The third kappa shape index (κ3) is 16.9. The molecule has 0 aliphatic rings. The number of amides is 3. The highest BCUT2D eigenvalue weighted by molar-refractivity contribution is 8.00. The Morgan fingerprint density at radius 1 is 0.684 bits per heavy atom. The first-order valence-electron chi connectivity index (χ1n) is 18.7. The predicted octanol–water partition coefficient (Wildman–Crippen LogP) is 2.58. The number of nitrogens with one attached hydrogen (secondary N) is 3. The molecule has 3 aromatic rings. The number of likely N-dealkylation sites (N-methyl/N-ethyl adjacent to an activating group) is 1. The lowest BCUT2D eigenvalue weighted by atomic mass is 9.84. The first-order valence-corrected chi connectivity index (χ1v) is 19.7. The smallest absolute Gasteiger partial charge is 0.408 e. The van der Waals surface area contributed by atoms with Crippen LogP contribution in [0.4, 0.5) is 4.79 Å². The average molecular weight is 872 g/mol. The number of rotatable bonds is 18. The molecule has 2 atom stereocenters. The molecule has 0 saturated heterocycles. The van der Waals surface area contributed by atoms with E-state index in [1.165, 1.54) is 11.8 Å². The summed E-state index contributed by atoms with van der Waals surface area (Å²) in [4.78, 5) is 66.1. The van der Waals surface area contributed by atoms with Crippen molar-refractivity contribution < 1.29 is 59.6 Å². The minimum Gasteiger partial charge on any atom is -1.00 e. The van der Waals surface area contributed by atoms with Gasteiger partial charge in [0.2, 0.25) is 11.8 Å². The van der Waals surface area contributed by atoms with E-state index in [-0.39, 0.29) is 42.2 Å². The molecule has 3 rings (SSSR count). The lowest BCUT2D eigenvalue weighted by Crippen LogP contribution is -3.00. The Kier molecular flexibility index (Phi) is 18.8. The molecule has 0 fully saturated rings. The molecule has 0 aromatic heterocycles. The van der Waals surface area contributed by atoms with Gasteiger partial charge >= 0.3 is 18.0 Å². The van der Waals surface area contributed by atoms with Crippen molar-refractivity contribution >= 4 is 41.6 Å². The summed E-state index contributed by atoms with van der Waals surface area (Å²) in [5, 5.41) is 8.03. The van der Waals surface area contributed by atoms with Gasteiger partial charge in [-0.3, -0.25) is 14.4 Å². The molecule has 57 heavy (non-hydrogen) atoms. The van der Waals surface area contributed by atoms with Crippen LogP contribution in [0.2, 0.25) is 0 Å². The molecule has 3 amide bonds. The molecule has 0 bridgehead atoms. The van der Waals surface area contributed by atoms with Crippen molar-refractivity contribution in [3.63, 3.8) is 0 Å². The normalized spacial score (nSPS) is 12.9. The zero-order valence-corrected chi connectivity index (χ0v) is 37.0. The van der Waals surface area contributed by atoms with Gasteiger partial charge in [0.1, 0.15) is 43.0 Å². The van der Waals surface area contributed by atoms with Crippen LogP contribution in [0.1, 0.15) is 71.1 Å². The molecular formula is C43H59BrN4O8S. The van der Waals surface area contributed by atoms with Gasteiger partial charge in [0.15, 0.2) is 0 Å². The van der Waals surface area contributed by atoms with Crippen molar-refractivity contribution in [3.05, 3.63) is 108 Å². The summed E-state index contributed by atoms with van der Waals surface area (Å²) in [6.45, 7) is 10.5. The summed E-state index contributed by atoms with van der Waals surface area (Å²) < 4.78 is 16.0. The monoisotopic (exact) mass is 870 g/mol. The Hall–Kier alpha value is -4.40. The second-order valence-electron chi connectivity index (χ2n) is 16.4. The van der Waals surface area contributed by atoms with E-state index in [0.29, 0.717) is 11.0 Å². The summed E-state index contributed by atoms with van der Waals surface area (Å²) in [6.07, 6.45) is -1.22. The maximum Gasteiger partial charge on any atom is 0.408 e. The Morgan fingerprint density at radius 2 is 1.16 bits per heavy atom. The number of carbonyl (C=O) groups is 5. The molecule has 0 heterocycles. The standard InChI is InChI=1S/C43H58N4O8S.BrH/c1-41(2,3)54-39(51)34(46-40(52)55-42(4,5)6)25-26-36(48)45-35(38(50)44-29-37(49)53-28-27-47(7,8)9)30-56-43(31-19-13-10-14-20-31,32-21-15-11-16-22-32)33-23-17-12-18-24-33;/h10-24,34-35H,25-30H2,1-9H3,(H2-,44,45,46,48,50,52);1H/t34-,35-;/m0./s1. The molecule has 0 spiro atoms. The molecule has 0 saturated carbocycles.